The van der Waals surface area contributed by atoms with Crippen LogP contribution in [0, 0.1) is 0 Å². The molecule has 49 nitrogen and oxygen atoms in total. The zero-order chi connectivity index (χ0) is 76.8. The molecule has 0 saturated carbocycles. The van der Waals surface area contributed by atoms with Crippen molar-refractivity contribution in [2.75, 3.05) is 69.0 Å². The summed E-state index contributed by atoms with van der Waals surface area (Å²) in [6.45, 7) is 16.5. The fraction of sp³-hybridized carbons (Fsp3) is 0.623. The third-order valence-electron chi connectivity index (χ3n) is 18.5. The number of hydrogen-bond acceptors (Lipinski definition) is 39. The lowest BCUT2D eigenvalue weighted by Crippen LogP contribution is -2.49. The summed E-state index contributed by atoms with van der Waals surface area (Å²) in [4.78, 5) is 142. The lowest BCUT2D eigenvalue weighted by atomic mass is 10.1. The highest BCUT2D eigenvalue weighted by molar-refractivity contribution is 7.47. The van der Waals surface area contributed by atoms with Gasteiger partial charge in [-0.15, -0.1) is 0 Å². The molecule has 20 atom stereocenters. The fourth-order valence-electron chi connectivity index (χ4n) is 12.2. The number of aliphatic hydroxyl groups is 1. The molecule has 14 rings (SSSR count). The molecule has 0 radical (unpaired) electrons. The summed E-state index contributed by atoms with van der Waals surface area (Å²) in [5.74, 6) is -0.991. The number of aliphatic hydroxyl groups excluding tert-OH is 1. The van der Waals surface area contributed by atoms with Gasteiger partial charge in [0.1, 0.15) is 61.0 Å². The molecule has 8 aromatic heterocycles. The molecule has 590 valence electrons. The first-order valence-corrected chi connectivity index (χ1v) is 41.2. The van der Waals surface area contributed by atoms with Crippen molar-refractivity contribution in [2.24, 2.45) is 11.5 Å². The standard InChI is InChI=1S/C26H39N11O13P2Si.C20H25N11O13P2.C6H15N.CH4/c1-26(2,3)53(4,5)50-17-16-11(47-23(17)37-9-31-14-19(37)33-25(29)35-21(14)39)7-45-51(40,41)48-15-10(6-44-52(42,43)49-16)46-22(12(15)27)36-8-30-13-18(36)32-24(28)34-20(13)38;21-7-11-5(41-17(7)30-3-24-8-13(30)26-19(22)28-15(8)33)1-39-46(37,38)44-12-6(2-40-45(35,36)43-11)42-18(10(12)32)31-4-25-9-14(31)27-20(23)29-16(9)34;1-4-7(5-2)6-3;/h8-12,15-17,22-23H,6-7,27H2,1-5H3,(H,40,41)(H,42,43)(H3,28,32,34,38)(H3,29,33,35,39);3-7,10-12,17-18,32H,1-2,21H2,(H,35,36)(H,37,38)(H3,22,26,28,33)(H3,23,27,29,34);4-6H2,1-3H3;1H4/p-2/t10-,11-,12-,15-,16-,17-,22-,23-;5-,6-,7-,10-,11-,12-,17-,18-;;/m11../s1. The number of nitrogens with two attached hydrogens (primary N) is 6. The number of aromatic nitrogens is 16. The summed E-state index contributed by atoms with van der Waals surface area (Å²) in [7, 11) is -23.5. The molecule has 6 fully saturated rings. The van der Waals surface area contributed by atoms with Gasteiger partial charge in [0.25, 0.3) is 37.9 Å². The number of fused-ring (bicyclic) bond motifs is 8. The number of phosphoric acid groups is 4. The number of nitrogens with zero attached hydrogens (tertiary/aromatic N) is 13. The van der Waals surface area contributed by atoms with Crippen molar-refractivity contribution in [3.05, 3.63) is 66.7 Å². The van der Waals surface area contributed by atoms with Crippen LogP contribution >= 0.6 is 31.3 Å². The van der Waals surface area contributed by atoms with Crippen LogP contribution in [-0.2, 0) is 77.8 Å². The van der Waals surface area contributed by atoms with Crippen LogP contribution in [-0.4, -0.2) is 225 Å². The summed E-state index contributed by atoms with van der Waals surface area (Å²) in [6, 6.07) is -2.66. The van der Waals surface area contributed by atoms with Gasteiger partial charge >= 0.3 is 15.6 Å². The Morgan fingerprint density at radius 2 is 0.822 bits per heavy atom. The SMILES string of the molecule is C.CC(C)(C)[Si](C)(C)O[C@@H]1[C@@H]2OP(=O)(O)OC[C@H]3O[C@@H](n4cnc5c(=O)[nH]c(N)nc54)[C@H](N)[C@@H]3OP(=O)([O-])OC[C@H]2O[C@H]1n1cnc2c(=O)[nH]c(N)nc21.CCN(CC)CC.Nc1nc2c(ncn2[C@@H]2O[C@@H]3COP(=O)(O)O[C@H]4[C@@H](O)[C@H](n5cnc6c(=O)[nH]c(N)nc65)O[C@@H]4COP(=O)([O-])O[C@H]3[C@H]2N)c(=O)[nH]1. The number of phosphoric ester groups is 4. The van der Waals surface area contributed by atoms with E-state index in [-0.39, 0.29) is 75.9 Å². The van der Waals surface area contributed by atoms with Crippen LogP contribution in [0.1, 0.15) is 73.9 Å². The van der Waals surface area contributed by atoms with Crippen LogP contribution in [0.3, 0.4) is 0 Å². The quantitative estimate of drug-likeness (QED) is 0.0529. The van der Waals surface area contributed by atoms with Gasteiger partial charge in [-0.3, -0.25) is 84.6 Å². The van der Waals surface area contributed by atoms with E-state index >= 15 is 0 Å². The highest BCUT2D eigenvalue weighted by atomic mass is 31.2. The highest BCUT2D eigenvalue weighted by Gasteiger charge is 2.57. The number of hydrogen-bond donors (Lipinski definition) is 13. The van der Waals surface area contributed by atoms with Crippen LogP contribution < -0.4 is 66.4 Å². The van der Waals surface area contributed by atoms with Gasteiger partial charge < -0.3 is 105 Å². The van der Waals surface area contributed by atoms with Crippen molar-refractivity contribution in [3.63, 3.8) is 0 Å². The lowest BCUT2D eigenvalue weighted by Gasteiger charge is -2.40. The molecule has 54 heteroatoms. The Morgan fingerprint density at radius 3 is 1.17 bits per heavy atom. The molecule has 0 aromatic carbocycles. The van der Waals surface area contributed by atoms with E-state index in [1.165, 1.54) is 46.0 Å². The second-order valence-corrected chi connectivity index (χ2v) is 36.6. The molecule has 19 N–H and O–H groups in total. The van der Waals surface area contributed by atoms with Gasteiger partial charge in [0.2, 0.25) is 23.8 Å². The molecule has 8 aromatic rings. The monoisotopic (exact) mass is 1610 g/mol. The van der Waals surface area contributed by atoms with E-state index in [0.29, 0.717) is 0 Å². The average molecular weight is 1610 g/mol. The molecule has 4 unspecified atom stereocenters. The maximum atomic E-state index is 13.7. The molecular weight excluding hydrogens is 1530 g/mol. The Kier molecular flexibility index (Phi) is 23.2. The summed E-state index contributed by atoms with van der Waals surface area (Å²) in [5.41, 5.74) is 32.2. The third kappa shape index (κ3) is 16.5. The van der Waals surface area contributed by atoms with Crippen molar-refractivity contribution in [2.45, 2.75) is 165 Å². The molecule has 6 aliphatic rings. The minimum absolute atomic E-state index is 0. The first-order valence-electron chi connectivity index (χ1n) is 32.4. The average Bonchev–Trinajstić information content (AvgIpc) is 1.62. The lowest BCUT2D eigenvalue weighted by molar-refractivity contribution is -0.236. The van der Waals surface area contributed by atoms with Crippen LogP contribution in [0.25, 0.3) is 44.7 Å². The van der Waals surface area contributed by atoms with E-state index in [1.54, 1.807) is 0 Å². The number of rotatable bonds is 9. The highest BCUT2D eigenvalue weighted by Crippen LogP contribution is 2.56. The number of ether oxygens (including phenoxy) is 4. The van der Waals surface area contributed by atoms with Gasteiger partial charge in [0.15, 0.2) is 77.9 Å². The fourth-order valence-corrected chi connectivity index (χ4v) is 17.3. The Bertz CT molecular complexity index is 4900. The third-order valence-corrected chi connectivity index (χ3v) is 26.8. The van der Waals surface area contributed by atoms with E-state index in [0.717, 1.165) is 17.2 Å². The van der Waals surface area contributed by atoms with Crippen molar-refractivity contribution in [1.29, 1.82) is 0 Å². The summed E-state index contributed by atoms with van der Waals surface area (Å²) < 4.78 is 131. The Balaban J connectivity index is 0.000000195. The van der Waals surface area contributed by atoms with Crippen molar-refractivity contribution < 1.29 is 103 Å². The van der Waals surface area contributed by atoms with Crippen LogP contribution in [0.2, 0.25) is 18.1 Å². The van der Waals surface area contributed by atoms with E-state index < -0.39 is 191 Å². The van der Waals surface area contributed by atoms with Crippen molar-refractivity contribution in [3.8, 4) is 0 Å². The van der Waals surface area contributed by atoms with Gasteiger partial charge in [-0.1, -0.05) is 49.0 Å². The van der Waals surface area contributed by atoms with Crippen LogP contribution in [0.4, 0.5) is 23.8 Å². The van der Waals surface area contributed by atoms with Crippen molar-refractivity contribution in [1.82, 2.24) is 83.0 Å². The van der Waals surface area contributed by atoms with E-state index in [4.69, 9.17) is 94.0 Å². The smallest absolute Gasteiger partial charge is 0.472 e. The Morgan fingerprint density at radius 1 is 0.523 bits per heavy atom. The molecular formula is C53H81N23O26P4Si-2. The Labute approximate surface area is 603 Å². The van der Waals surface area contributed by atoms with Gasteiger partial charge in [-0.25, -0.2) is 29.1 Å². The Hall–Kier alpha value is -7.10. The van der Waals surface area contributed by atoms with E-state index in [9.17, 15) is 62.1 Å². The zero-order valence-electron chi connectivity index (χ0n) is 57.3. The molecule has 0 aliphatic carbocycles. The molecule has 107 heavy (non-hydrogen) atoms. The van der Waals surface area contributed by atoms with E-state index in [1.807, 2.05) is 33.9 Å². The predicted molar refractivity (Wildman–Crippen MR) is 368 cm³/mol. The number of imidazole rings is 4. The first-order chi connectivity index (χ1) is 49.7. The second kappa shape index (κ2) is 30.6. The topological polar surface area (TPSA) is 709 Å². The van der Waals surface area contributed by atoms with E-state index in [2.05, 4.69) is 85.5 Å². The van der Waals surface area contributed by atoms with Crippen LogP contribution in [0.5, 0.6) is 0 Å². The van der Waals surface area contributed by atoms with Gasteiger partial charge in [0, 0.05) is 0 Å². The number of nitrogens with one attached hydrogen (secondary N) is 4. The maximum Gasteiger partial charge on any atom is 0.472 e. The van der Waals surface area contributed by atoms with Gasteiger partial charge in [-0.2, -0.15) is 19.9 Å². The first kappa shape index (κ1) is 80.9. The molecule has 0 spiro atoms. The second-order valence-electron chi connectivity index (χ2n) is 26.3. The number of nitrogen functional groups attached to an aromatic ring is 4. The summed E-state index contributed by atoms with van der Waals surface area (Å²) in [5, 5.41) is 10.7. The minimum atomic E-state index is -5.29. The normalized spacial score (nSPS) is 33.7. The maximum absolute atomic E-state index is 13.7. The minimum Gasteiger partial charge on any atom is -0.756 e. The van der Waals surface area contributed by atoms with Crippen LogP contribution in [0.15, 0.2) is 44.5 Å². The predicted octanol–water partition coefficient (Wildman–Crippen LogP) is -2.41. The summed E-state index contributed by atoms with van der Waals surface area (Å²) in [6.07, 6.45) is -15.9. The molecule has 0 bridgehead atoms. The molecule has 14 heterocycles. The molecule has 6 aliphatic heterocycles. The summed E-state index contributed by atoms with van der Waals surface area (Å²) >= 11 is 0. The van der Waals surface area contributed by atoms with Gasteiger partial charge in [0.05, 0.1) is 63.8 Å². The van der Waals surface area contributed by atoms with Gasteiger partial charge in [-0.05, 0) is 37.8 Å². The van der Waals surface area contributed by atoms with Crippen molar-refractivity contribution >= 4 is 108 Å². The zero-order valence-corrected chi connectivity index (χ0v) is 61.9. The number of H-pyrrole nitrogens is 4. The number of aromatic amines is 4. The number of anilines is 4. The molecule has 0 amide bonds. The molecule has 6 saturated heterocycles. The largest absolute Gasteiger partial charge is 0.756 e.